The smallest absolute Gasteiger partial charge is 0.332 e. The summed E-state index contributed by atoms with van der Waals surface area (Å²) in [6.45, 7) is 0. The number of hydrogen-bond donors (Lipinski definition) is 2. The molecule has 3 aromatic carbocycles. The molecule has 24 heavy (non-hydrogen) atoms. The van der Waals surface area contributed by atoms with Gasteiger partial charge in [0, 0.05) is 11.1 Å². The van der Waals surface area contributed by atoms with Gasteiger partial charge in [-0.2, -0.15) is 8.42 Å². The van der Waals surface area contributed by atoms with Crippen molar-refractivity contribution in [2.75, 3.05) is 5.32 Å². The van der Waals surface area contributed by atoms with Gasteiger partial charge in [0.2, 0.25) is 0 Å². The minimum absolute atomic E-state index is 0.0795. The molecule has 7 heteroatoms. The summed E-state index contributed by atoms with van der Waals surface area (Å²) in [5.74, 6) is -0.706. The van der Waals surface area contributed by atoms with Crippen molar-refractivity contribution in [1.82, 2.24) is 0 Å². The summed E-state index contributed by atoms with van der Waals surface area (Å²) in [6, 6.07) is 14.9. The van der Waals surface area contributed by atoms with Crippen LogP contribution in [0.15, 0.2) is 65.6 Å². The fourth-order valence-corrected chi connectivity index (χ4v) is 2.80. The van der Waals surface area contributed by atoms with Crippen LogP contribution >= 0.6 is 0 Å². The third-order valence-corrected chi connectivity index (χ3v) is 4.37. The molecule has 0 radical (unpaired) electrons. The maximum Gasteiger partial charge on any atom is 0.332 e. The molecule has 0 aliphatic carbocycles. The van der Waals surface area contributed by atoms with Crippen LogP contribution in [0.1, 0.15) is 10.4 Å². The van der Waals surface area contributed by atoms with E-state index in [0.717, 1.165) is 17.5 Å². The molecule has 3 rings (SSSR count). The Morgan fingerprint density at radius 2 is 1.62 bits per heavy atom. The largest absolute Gasteiger partial charge is 0.506 e. The maximum absolute atomic E-state index is 12.8. The highest BCUT2D eigenvalue weighted by Crippen LogP contribution is 2.29. The highest BCUT2D eigenvalue weighted by Gasteiger charge is 2.15. The Morgan fingerprint density at radius 3 is 2.29 bits per heavy atom. The summed E-state index contributed by atoms with van der Waals surface area (Å²) < 4.78 is 34.4. The number of carbonyl (C=O) groups excluding carboxylic acids is 1. The molecule has 0 aromatic heterocycles. The number of rotatable bonds is 3. The Morgan fingerprint density at radius 1 is 0.958 bits per heavy atom. The molecule has 0 fully saturated rings. The molecular formula is C17H12FNO4S. The van der Waals surface area contributed by atoms with Gasteiger partial charge in [0.05, 0.1) is 10.5 Å². The second kappa shape index (κ2) is 5.93. The van der Waals surface area contributed by atoms with E-state index >= 15 is 0 Å². The van der Waals surface area contributed by atoms with Crippen molar-refractivity contribution in [1.29, 1.82) is 0 Å². The molecule has 0 saturated heterocycles. The van der Waals surface area contributed by atoms with Crippen molar-refractivity contribution in [3.8, 4) is 5.75 Å². The van der Waals surface area contributed by atoms with Crippen LogP contribution < -0.4 is 5.32 Å². The second-order valence-electron chi connectivity index (χ2n) is 5.10. The van der Waals surface area contributed by atoms with Gasteiger partial charge in [-0.25, -0.2) is 0 Å². The Bertz CT molecular complexity index is 1030. The highest BCUT2D eigenvalue weighted by molar-refractivity contribution is 7.86. The Balaban J connectivity index is 1.89. The fraction of sp³-hybridized carbons (Fsp3) is 0. The average molecular weight is 345 g/mol. The number of phenols is 1. The van der Waals surface area contributed by atoms with E-state index in [-0.39, 0.29) is 17.0 Å². The van der Waals surface area contributed by atoms with Gasteiger partial charge in [-0.15, -0.1) is 3.89 Å². The highest BCUT2D eigenvalue weighted by atomic mass is 32.3. The average Bonchev–Trinajstić information content (AvgIpc) is 2.55. The number of benzene rings is 3. The summed E-state index contributed by atoms with van der Waals surface area (Å²) in [5.41, 5.74) is 0.357. The number of phenolic OH excluding ortho intramolecular Hbond substituents is 1. The molecule has 5 nitrogen and oxygen atoms in total. The van der Waals surface area contributed by atoms with E-state index in [1.807, 2.05) is 12.1 Å². The minimum atomic E-state index is -4.78. The van der Waals surface area contributed by atoms with E-state index in [0.29, 0.717) is 5.39 Å². The van der Waals surface area contributed by atoms with E-state index in [9.17, 15) is 22.2 Å². The van der Waals surface area contributed by atoms with Crippen LogP contribution in [-0.2, 0) is 10.2 Å². The van der Waals surface area contributed by atoms with Gasteiger partial charge < -0.3 is 10.4 Å². The van der Waals surface area contributed by atoms with Crippen molar-refractivity contribution >= 4 is 32.6 Å². The summed E-state index contributed by atoms with van der Waals surface area (Å²) >= 11 is 0. The number of hydrogen-bond acceptors (Lipinski definition) is 4. The lowest BCUT2D eigenvalue weighted by molar-refractivity contribution is 0.102. The molecular weight excluding hydrogens is 333 g/mol. The van der Waals surface area contributed by atoms with E-state index in [1.165, 1.54) is 18.2 Å². The van der Waals surface area contributed by atoms with Crippen LogP contribution in [0.3, 0.4) is 0 Å². The number of nitrogens with one attached hydrogen (secondary N) is 1. The third-order valence-electron chi connectivity index (χ3n) is 3.54. The fourth-order valence-electron chi connectivity index (χ4n) is 2.34. The van der Waals surface area contributed by atoms with E-state index in [1.54, 1.807) is 18.2 Å². The molecule has 0 saturated carbocycles. The molecule has 0 spiro atoms. The van der Waals surface area contributed by atoms with E-state index < -0.39 is 21.0 Å². The van der Waals surface area contributed by atoms with Gasteiger partial charge in [-0.1, -0.05) is 30.3 Å². The molecule has 0 aliphatic heterocycles. The first kappa shape index (κ1) is 15.9. The van der Waals surface area contributed by atoms with Crippen molar-refractivity contribution < 1.29 is 22.2 Å². The number of halogens is 1. The van der Waals surface area contributed by atoms with Crippen LogP contribution in [0, 0.1) is 0 Å². The molecule has 1 amide bonds. The zero-order valence-electron chi connectivity index (χ0n) is 12.2. The van der Waals surface area contributed by atoms with Gasteiger partial charge in [0.15, 0.2) is 0 Å². The van der Waals surface area contributed by atoms with Crippen LogP contribution in [0.5, 0.6) is 5.75 Å². The quantitative estimate of drug-likeness (QED) is 0.712. The van der Waals surface area contributed by atoms with Crippen molar-refractivity contribution in [2.24, 2.45) is 0 Å². The van der Waals surface area contributed by atoms with Gasteiger partial charge >= 0.3 is 10.2 Å². The first-order valence-corrected chi connectivity index (χ1v) is 8.31. The van der Waals surface area contributed by atoms with Crippen molar-refractivity contribution in [3.05, 3.63) is 66.2 Å². The number of amides is 1. The SMILES string of the molecule is O=C(Nc1ccc(S(=O)(=O)F)cc1)c1ccc2ccccc2c1O. The van der Waals surface area contributed by atoms with Crippen molar-refractivity contribution in [3.63, 3.8) is 0 Å². The summed E-state index contributed by atoms with van der Waals surface area (Å²) in [4.78, 5) is 11.8. The van der Waals surface area contributed by atoms with Gasteiger partial charge in [-0.05, 0) is 35.7 Å². The van der Waals surface area contributed by atoms with Gasteiger partial charge in [-0.3, -0.25) is 4.79 Å². The first-order chi connectivity index (χ1) is 11.4. The normalized spacial score (nSPS) is 11.4. The number of carbonyl (C=O) groups is 1. The Labute approximate surface area is 137 Å². The van der Waals surface area contributed by atoms with Crippen LogP contribution in [0.4, 0.5) is 9.57 Å². The molecule has 3 aromatic rings. The zero-order valence-corrected chi connectivity index (χ0v) is 13.0. The Hall–Kier alpha value is -2.93. The van der Waals surface area contributed by atoms with Crippen LogP contribution in [0.2, 0.25) is 0 Å². The second-order valence-corrected chi connectivity index (χ2v) is 6.45. The number of aromatic hydroxyl groups is 1. The molecule has 2 N–H and O–H groups in total. The van der Waals surface area contributed by atoms with E-state index in [4.69, 9.17) is 0 Å². The van der Waals surface area contributed by atoms with E-state index in [2.05, 4.69) is 5.32 Å². The predicted octanol–water partition coefficient (Wildman–Crippen LogP) is 3.46. The zero-order chi connectivity index (χ0) is 17.3. The topological polar surface area (TPSA) is 83.5 Å². The molecule has 122 valence electrons. The molecule has 0 aliphatic rings. The molecule has 0 atom stereocenters. The number of fused-ring (bicyclic) bond motifs is 1. The predicted molar refractivity (Wildman–Crippen MR) is 88.3 cm³/mol. The summed E-state index contributed by atoms with van der Waals surface area (Å²) in [6.07, 6.45) is 0. The Kier molecular flexibility index (Phi) is 3.94. The van der Waals surface area contributed by atoms with Gasteiger partial charge in [0.1, 0.15) is 5.75 Å². The lowest BCUT2D eigenvalue weighted by Gasteiger charge is -2.09. The summed E-state index contributed by atoms with van der Waals surface area (Å²) in [5, 5.41) is 14.1. The van der Waals surface area contributed by atoms with Crippen LogP contribution in [-0.4, -0.2) is 19.4 Å². The standard InChI is InChI=1S/C17H12FNO4S/c18-24(22,23)13-8-6-12(7-9-13)19-17(21)15-10-5-11-3-1-2-4-14(11)16(15)20/h1-10,20H,(H,19,21). The minimum Gasteiger partial charge on any atom is -0.506 e. The third kappa shape index (κ3) is 3.07. The molecule has 0 heterocycles. The monoisotopic (exact) mass is 345 g/mol. The lowest BCUT2D eigenvalue weighted by atomic mass is 10.0. The lowest BCUT2D eigenvalue weighted by Crippen LogP contribution is -2.12. The molecule has 0 unspecified atom stereocenters. The first-order valence-electron chi connectivity index (χ1n) is 6.93. The number of anilines is 1. The van der Waals surface area contributed by atoms with Crippen molar-refractivity contribution in [2.45, 2.75) is 4.90 Å². The van der Waals surface area contributed by atoms with Crippen LogP contribution in [0.25, 0.3) is 10.8 Å². The van der Waals surface area contributed by atoms with Gasteiger partial charge in [0.25, 0.3) is 5.91 Å². The summed E-state index contributed by atoms with van der Waals surface area (Å²) in [7, 11) is -4.78. The molecule has 0 bridgehead atoms. The maximum atomic E-state index is 12.8.